The summed E-state index contributed by atoms with van der Waals surface area (Å²) in [6, 6.07) is 3.71. The van der Waals surface area contributed by atoms with Crippen LogP contribution in [0.3, 0.4) is 0 Å². The van der Waals surface area contributed by atoms with Crippen LogP contribution in [0.1, 0.15) is 0 Å². The number of benzene rings is 1. The van der Waals surface area contributed by atoms with E-state index >= 15 is 0 Å². The molecule has 0 heterocycles. The van der Waals surface area contributed by atoms with E-state index in [1.54, 1.807) is 0 Å². The van der Waals surface area contributed by atoms with Crippen molar-refractivity contribution in [2.45, 2.75) is 4.90 Å². The van der Waals surface area contributed by atoms with E-state index in [9.17, 15) is 13.0 Å². The Labute approximate surface area is 124 Å². The summed E-state index contributed by atoms with van der Waals surface area (Å²) in [4.78, 5) is -0.482. The number of rotatable bonds is 1. The molecule has 0 amide bonds. The Kier molecular flexibility index (Phi) is 5.42. The quantitative estimate of drug-likeness (QED) is 0.347. The molecule has 0 aliphatic heterocycles. The molecule has 0 aliphatic carbocycles. The van der Waals surface area contributed by atoms with Crippen molar-refractivity contribution < 1.29 is 64.4 Å². The molecule has 0 unspecified atom stereocenters. The number of hydrogen-bond acceptors (Lipinski definition) is 4. The first-order chi connectivity index (χ1) is 5.41. The molecule has 1 aromatic carbocycles. The van der Waals surface area contributed by atoms with Crippen molar-refractivity contribution in [1.29, 1.82) is 0 Å². The fourth-order valence-corrected chi connectivity index (χ4v) is 1.70. The molecule has 13 heavy (non-hydrogen) atoms. The topological polar surface area (TPSA) is 83.2 Å². The van der Waals surface area contributed by atoms with Gasteiger partial charge in [0, 0.05) is 5.69 Å². The Morgan fingerprint density at radius 3 is 2.31 bits per heavy atom. The van der Waals surface area contributed by atoms with Crippen LogP contribution in [-0.2, 0) is 10.1 Å². The van der Waals surface area contributed by atoms with Crippen LogP contribution < -0.4 is 57.1 Å². The fraction of sp³-hybridized carbons (Fsp3) is 0. The van der Waals surface area contributed by atoms with E-state index in [1.165, 1.54) is 12.1 Å². The van der Waals surface area contributed by atoms with Gasteiger partial charge >= 0.3 is 51.4 Å². The first-order valence-electron chi connectivity index (χ1n) is 2.92. The molecule has 0 fully saturated rings. The molecular formula is C6H5ClKNO3S. The molecule has 66 valence electrons. The van der Waals surface area contributed by atoms with Crippen molar-refractivity contribution in [3.8, 4) is 0 Å². The van der Waals surface area contributed by atoms with Gasteiger partial charge in [-0.25, -0.2) is 8.42 Å². The van der Waals surface area contributed by atoms with E-state index in [1.807, 2.05) is 0 Å². The number of hydrogen-bond donors (Lipinski definition) is 1. The van der Waals surface area contributed by atoms with Gasteiger partial charge in [-0.15, -0.1) is 0 Å². The Bertz CT molecular complexity index is 406. The SMILES string of the molecule is Nc1ccc(Cl)c(S(=O)(=O)[O-])c1.[K+]. The van der Waals surface area contributed by atoms with Crippen LogP contribution in [0.4, 0.5) is 5.69 Å². The number of anilines is 1. The molecule has 7 heteroatoms. The van der Waals surface area contributed by atoms with Crippen LogP contribution in [0.25, 0.3) is 0 Å². The first kappa shape index (κ1) is 13.9. The summed E-state index contributed by atoms with van der Waals surface area (Å²) in [7, 11) is -4.52. The zero-order chi connectivity index (χ0) is 9.35. The van der Waals surface area contributed by atoms with E-state index in [0.717, 1.165) is 6.07 Å². The molecule has 0 saturated heterocycles. The molecule has 2 N–H and O–H groups in total. The van der Waals surface area contributed by atoms with Crippen LogP contribution in [0, 0.1) is 0 Å². The average Bonchev–Trinajstić information content (AvgIpc) is 1.92. The summed E-state index contributed by atoms with van der Waals surface area (Å²) in [6.45, 7) is 0. The zero-order valence-electron chi connectivity index (χ0n) is 6.82. The Morgan fingerprint density at radius 1 is 1.38 bits per heavy atom. The summed E-state index contributed by atoms with van der Waals surface area (Å²) < 4.78 is 31.5. The summed E-state index contributed by atoms with van der Waals surface area (Å²) in [5.74, 6) is 0. The van der Waals surface area contributed by atoms with Crippen LogP contribution in [0.15, 0.2) is 23.1 Å². The average molecular weight is 246 g/mol. The van der Waals surface area contributed by atoms with E-state index in [2.05, 4.69) is 0 Å². The molecule has 0 atom stereocenters. The molecule has 0 aromatic heterocycles. The van der Waals surface area contributed by atoms with Crippen molar-refractivity contribution >= 4 is 27.4 Å². The van der Waals surface area contributed by atoms with Gasteiger partial charge in [-0.3, -0.25) is 0 Å². The fourth-order valence-electron chi connectivity index (χ4n) is 0.712. The van der Waals surface area contributed by atoms with Gasteiger partial charge in [0.25, 0.3) is 0 Å². The molecule has 0 saturated carbocycles. The monoisotopic (exact) mass is 245 g/mol. The van der Waals surface area contributed by atoms with Gasteiger partial charge in [-0.2, -0.15) is 0 Å². The van der Waals surface area contributed by atoms with Gasteiger partial charge in [0.05, 0.1) is 9.92 Å². The number of nitrogen functional groups attached to an aromatic ring is 1. The van der Waals surface area contributed by atoms with E-state index in [-0.39, 0.29) is 62.1 Å². The van der Waals surface area contributed by atoms with Crippen LogP contribution in [-0.4, -0.2) is 13.0 Å². The maximum Gasteiger partial charge on any atom is 1.00 e. The third kappa shape index (κ3) is 3.84. The summed E-state index contributed by atoms with van der Waals surface area (Å²) in [5.41, 5.74) is 5.45. The summed E-state index contributed by atoms with van der Waals surface area (Å²) >= 11 is 5.45. The second-order valence-corrected chi connectivity index (χ2v) is 3.90. The van der Waals surface area contributed by atoms with E-state index < -0.39 is 15.0 Å². The van der Waals surface area contributed by atoms with Gasteiger partial charge < -0.3 is 10.3 Å². The zero-order valence-corrected chi connectivity index (χ0v) is 11.5. The Hall–Kier alpha value is 0.856. The minimum Gasteiger partial charge on any atom is -0.744 e. The van der Waals surface area contributed by atoms with Crippen molar-refractivity contribution in [3.63, 3.8) is 0 Å². The molecule has 0 aliphatic rings. The van der Waals surface area contributed by atoms with E-state index in [0.29, 0.717) is 0 Å². The Morgan fingerprint density at radius 2 is 1.92 bits per heavy atom. The van der Waals surface area contributed by atoms with Crippen LogP contribution in [0.5, 0.6) is 0 Å². The smallest absolute Gasteiger partial charge is 0.744 e. The molecule has 0 spiro atoms. The minimum atomic E-state index is -4.52. The van der Waals surface area contributed by atoms with Gasteiger partial charge in [0.2, 0.25) is 0 Å². The molecule has 4 nitrogen and oxygen atoms in total. The van der Waals surface area contributed by atoms with Crippen molar-refractivity contribution in [2.24, 2.45) is 0 Å². The largest absolute Gasteiger partial charge is 1.00 e. The predicted molar refractivity (Wildman–Crippen MR) is 43.8 cm³/mol. The minimum absolute atomic E-state index is 0. The normalized spacial score (nSPS) is 10.6. The van der Waals surface area contributed by atoms with Crippen molar-refractivity contribution in [1.82, 2.24) is 0 Å². The molecule has 1 aromatic rings. The van der Waals surface area contributed by atoms with Gasteiger partial charge in [0.1, 0.15) is 10.1 Å². The second-order valence-electron chi connectivity index (χ2n) is 2.14. The van der Waals surface area contributed by atoms with Crippen LogP contribution in [0.2, 0.25) is 5.02 Å². The predicted octanol–water partition coefficient (Wildman–Crippen LogP) is -2.17. The second kappa shape index (κ2) is 5.08. The number of halogens is 1. The van der Waals surface area contributed by atoms with Gasteiger partial charge in [-0.05, 0) is 18.2 Å². The van der Waals surface area contributed by atoms with Crippen molar-refractivity contribution in [3.05, 3.63) is 23.2 Å². The maximum absolute atomic E-state index is 10.5. The third-order valence-corrected chi connectivity index (χ3v) is 2.54. The molecule has 0 bridgehead atoms. The summed E-state index contributed by atoms with van der Waals surface area (Å²) in [5, 5.41) is -0.112. The van der Waals surface area contributed by atoms with Crippen molar-refractivity contribution in [2.75, 3.05) is 5.73 Å². The Balaban J connectivity index is 0.00000144. The van der Waals surface area contributed by atoms with Gasteiger partial charge in [-0.1, -0.05) is 11.6 Å². The number of nitrogens with two attached hydrogens (primary N) is 1. The molecule has 1 rings (SSSR count). The molecule has 0 radical (unpaired) electrons. The third-order valence-electron chi connectivity index (χ3n) is 1.22. The standard InChI is InChI=1S/C6H6ClNO3S.K/c7-5-2-1-4(8)3-6(5)12(9,10)11;/h1-3H,8H2,(H,9,10,11);/q;+1/p-1. The first-order valence-corrected chi connectivity index (χ1v) is 4.71. The summed E-state index contributed by atoms with van der Waals surface area (Å²) in [6.07, 6.45) is 0. The van der Waals surface area contributed by atoms with E-state index in [4.69, 9.17) is 17.3 Å². The maximum atomic E-state index is 10.5. The molecular weight excluding hydrogens is 241 g/mol. The van der Waals surface area contributed by atoms with Gasteiger partial charge in [0.15, 0.2) is 0 Å². The van der Waals surface area contributed by atoms with Crippen LogP contribution >= 0.6 is 11.6 Å².